The second kappa shape index (κ2) is 7.70. The number of nitrogens with two attached hydrogens (primary N) is 1. The van der Waals surface area contributed by atoms with Crippen molar-refractivity contribution in [2.45, 2.75) is 32.7 Å². The highest BCUT2D eigenvalue weighted by molar-refractivity contribution is 9.13. The Labute approximate surface area is 121 Å². The fourth-order valence-electron chi connectivity index (χ4n) is 1.42. The fourth-order valence-corrected chi connectivity index (χ4v) is 2.07. The first kappa shape index (κ1) is 16.4. The van der Waals surface area contributed by atoms with Crippen molar-refractivity contribution < 1.29 is 0 Å². The predicted molar refractivity (Wildman–Crippen MR) is 80.1 cm³/mol. The minimum absolute atomic E-state index is 0. The van der Waals surface area contributed by atoms with Gasteiger partial charge in [0.1, 0.15) is 0 Å². The van der Waals surface area contributed by atoms with Crippen molar-refractivity contribution in [1.29, 1.82) is 0 Å². The number of hydrogen-bond donors (Lipinski definition) is 1. The average molecular weight is 372 g/mol. The summed E-state index contributed by atoms with van der Waals surface area (Å²) in [5, 5.41) is 0. The zero-order valence-electron chi connectivity index (χ0n) is 9.54. The van der Waals surface area contributed by atoms with Gasteiger partial charge in [0.15, 0.2) is 0 Å². The first-order chi connectivity index (χ1) is 7.00. The van der Waals surface area contributed by atoms with E-state index in [0.717, 1.165) is 21.3 Å². The molecular weight excluding hydrogens is 353 g/mol. The number of hydrogen-bond acceptors (Lipinski definition) is 1. The Bertz CT molecular complexity index is 329. The third kappa shape index (κ3) is 5.17. The van der Waals surface area contributed by atoms with Gasteiger partial charge >= 0.3 is 0 Å². The smallest absolute Gasteiger partial charge is 0.0320 e. The molecule has 16 heavy (non-hydrogen) atoms. The molecule has 0 saturated heterocycles. The van der Waals surface area contributed by atoms with E-state index in [1.54, 1.807) is 0 Å². The molecule has 0 aliphatic rings. The molecule has 0 bridgehead atoms. The van der Waals surface area contributed by atoms with E-state index in [1.165, 1.54) is 12.0 Å². The van der Waals surface area contributed by atoms with Crippen molar-refractivity contribution in [1.82, 2.24) is 0 Å². The lowest BCUT2D eigenvalue weighted by Crippen LogP contribution is -2.11. The highest BCUT2D eigenvalue weighted by atomic mass is 79.9. The monoisotopic (exact) mass is 369 g/mol. The summed E-state index contributed by atoms with van der Waals surface area (Å²) in [6.45, 7) is 4.45. The van der Waals surface area contributed by atoms with E-state index in [0.29, 0.717) is 0 Å². The first-order valence-corrected chi connectivity index (χ1v) is 6.80. The lowest BCUT2D eigenvalue weighted by Gasteiger charge is -2.14. The summed E-state index contributed by atoms with van der Waals surface area (Å²) < 4.78 is 2.14. The van der Waals surface area contributed by atoms with Crippen LogP contribution < -0.4 is 5.73 Å². The molecule has 0 amide bonds. The molecule has 0 aliphatic carbocycles. The third-order valence-corrected chi connectivity index (χ3v) is 4.31. The van der Waals surface area contributed by atoms with Gasteiger partial charge < -0.3 is 5.73 Å². The summed E-state index contributed by atoms with van der Waals surface area (Å²) >= 11 is 6.94. The highest BCUT2D eigenvalue weighted by Gasteiger charge is 2.08. The van der Waals surface area contributed by atoms with Crippen LogP contribution in [0.1, 0.15) is 38.3 Å². The van der Waals surface area contributed by atoms with Gasteiger partial charge in [-0.05, 0) is 68.3 Å². The Morgan fingerprint density at radius 2 is 1.75 bits per heavy atom. The largest absolute Gasteiger partial charge is 0.324 e. The highest BCUT2D eigenvalue weighted by Crippen LogP contribution is 2.27. The number of benzene rings is 1. The maximum Gasteiger partial charge on any atom is 0.0320 e. The molecule has 1 nitrogen and oxygen atoms in total. The summed E-state index contributed by atoms with van der Waals surface area (Å²) in [6, 6.07) is 6.36. The second-order valence-electron chi connectivity index (χ2n) is 4.25. The van der Waals surface area contributed by atoms with E-state index in [1.807, 2.05) is 6.07 Å². The SMILES string of the molecule is CC(C)CC[C@@H](N)c1ccc(Br)c(Br)c1.Cl. The van der Waals surface area contributed by atoms with Crippen LogP contribution in [0.4, 0.5) is 0 Å². The molecule has 92 valence electrons. The second-order valence-corrected chi connectivity index (χ2v) is 5.96. The Hall–Kier alpha value is 0.430. The molecule has 0 aliphatic heterocycles. The van der Waals surface area contributed by atoms with Gasteiger partial charge in [-0.15, -0.1) is 12.4 Å². The standard InChI is InChI=1S/C12H17Br2N.ClH/c1-8(2)3-6-12(15)9-4-5-10(13)11(14)7-9;/h4-5,7-8,12H,3,6,15H2,1-2H3;1H/t12-;/m1./s1. The molecule has 4 heteroatoms. The summed E-state index contributed by atoms with van der Waals surface area (Å²) in [5.41, 5.74) is 7.33. The molecule has 1 aromatic rings. The normalized spacial score (nSPS) is 12.4. The van der Waals surface area contributed by atoms with Crippen molar-refractivity contribution in [3.8, 4) is 0 Å². The van der Waals surface area contributed by atoms with Gasteiger partial charge in [0.05, 0.1) is 0 Å². The van der Waals surface area contributed by atoms with E-state index in [9.17, 15) is 0 Å². The molecule has 0 radical (unpaired) electrons. The summed E-state index contributed by atoms with van der Waals surface area (Å²) in [4.78, 5) is 0. The molecule has 0 fully saturated rings. The molecule has 0 saturated carbocycles. The zero-order chi connectivity index (χ0) is 11.4. The molecule has 0 heterocycles. The molecule has 1 rings (SSSR count). The Morgan fingerprint density at radius 1 is 1.12 bits per heavy atom. The van der Waals surface area contributed by atoms with Gasteiger partial charge in [0.25, 0.3) is 0 Å². The maximum absolute atomic E-state index is 6.13. The first-order valence-electron chi connectivity index (χ1n) is 5.21. The third-order valence-electron chi connectivity index (χ3n) is 2.43. The van der Waals surface area contributed by atoms with Gasteiger partial charge in [0, 0.05) is 15.0 Å². The molecule has 2 N–H and O–H groups in total. The van der Waals surface area contributed by atoms with Gasteiger partial charge in [0.2, 0.25) is 0 Å². The van der Waals surface area contributed by atoms with Crippen molar-refractivity contribution >= 4 is 44.3 Å². The minimum atomic E-state index is 0. The van der Waals surface area contributed by atoms with Crippen LogP contribution in [0.3, 0.4) is 0 Å². The van der Waals surface area contributed by atoms with Gasteiger partial charge in [-0.3, -0.25) is 0 Å². The van der Waals surface area contributed by atoms with Crippen LogP contribution in [0.2, 0.25) is 0 Å². The molecule has 0 unspecified atom stereocenters. The molecule has 0 aromatic heterocycles. The van der Waals surface area contributed by atoms with Crippen LogP contribution in [0.25, 0.3) is 0 Å². The van der Waals surface area contributed by atoms with Crippen molar-refractivity contribution in [3.63, 3.8) is 0 Å². The van der Waals surface area contributed by atoms with Gasteiger partial charge in [-0.2, -0.15) is 0 Å². The Morgan fingerprint density at radius 3 is 2.25 bits per heavy atom. The summed E-state index contributed by atoms with van der Waals surface area (Å²) in [5.74, 6) is 0.718. The van der Waals surface area contributed by atoms with Gasteiger partial charge in [-0.25, -0.2) is 0 Å². The van der Waals surface area contributed by atoms with Crippen LogP contribution in [0.5, 0.6) is 0 Å². The quantitative estimate of drug-likeness (QED) is 0.786. The van der Waals surface area contributed by atoms with Crippen LogP contribution in [0.15, 0.2) is 27.1 Å². The maximum atomic E-state index is 6.13. The van der Waals surface area contributed by atoms with Crippen molar-refractivity contribution in [2.75, 3.05) is 0 Å². The van der Waals surface area contributed by atoms with E-state index in [2.05, 4.69) is 57.8 Å². The van der Waals surface area contributed by atoms with Crippen molar-refractivity contribution in [3.05, 3.63) is 32.7 Å². The van der Waals surface area contributed by atoms with Crippen LogP contribution in [-0.2, 0) is 0 Å². The van der Waals surface area contributed by atoms with Crippen LogP contribution >= 0.6 is 44.3 Å². The Balaban J connectivity index is 0.00000225. The van der Waals surface area contributed by atoms with Crippen LogP contribution in [-0.4, -0.2) is 0 Å². The minimum Gasteiger partial charge on any atom is -0.324 e. The topological polar surface area (TPSA) is 26.0 Å². The van der Waals surface area contributed by atoms with E-state index < -0.39 is 0 Å². The molecule has 0 spiro atoms. The summed E-state index contributed by atoms with van der Waals surface area (Å²) in [7, 11) is 0. The molecular formula is C12H18Br2ClN. The fraction of sp³-hybridized carbons (Fsp3) is 0.500. The van der Waals surface area contributed by atoms with E-state index in [4.69, 9.17) is 5.73 Å². The van der Waals surface area contributed by atoms with Crippen molar-refractivity contribution in [2.24, 2.45) is 11.7 Å². The van der Waals surface area contributed by atoms with E-state index in [-0.39, 0.29) is 18.4 Å². The molecule has 1 atom stereocenters. The zero-order valence-corrected chi connectivity index (χ0v) is 13.5. The average Bonchev–Trinajstić information content (AvgIpc) is 2.18. The number of rotatable bonds is 4. The van der Waals surface area contributed by atoms with Gasteiger partial charge in [-0.1, -0.05) is 19.9 Å². The lowest BCUT2D eigenvalue weighted by atomic mass is 9.98. The van der Waals surface area contributed by atoms with Crippen LogP contribution in [0, 0.1) is 5.92 Å². The Kier molecular flexibility index (Phi) is 7.90. The predicted octanol–water partition coefficient (Wildman–Crippen LogP) is 5.07. The molecule has 1 aromatic carbocycles. The summed E-state index contributed by atoms with van der Waals surface area (Å²) in [6.07, 6.45) is 2.22. The number of halogens is 3. The van der Waals surface area contributed by atoms with E-state index >= 15 is 0 Å². The lowest BCUT2D eigenvalue weighted by molar-refractivity contribution is 0.507.